The summed E-state index contributed by atoms with van der Waals surface area (Å²) in [4.78, 5) is 27.7. The van der Waals surface area contributed by atoms with E-state index in [1.54, 1.807) is 0 Å². The van der Waals surface area contributed by atoms with Gasteiger partial charge in [-0.05, 0) is 47.5 Å². The third-order valence-electron chi connectivity index (χ3n) is 3.28. The van der Waals surface area contributed by atoms with Gasteiger partial charge in [0.05, 0.1) is 0 Å². The van der Waals surface area contributed by atoms with E-state index >= 15 is 0 Å². The lowest BCUT2D eigenvalue weighted by molar-refractivity contribution is -0.121. The van der Waals surface area contributed by atoms with Gasteiger partial charge in [-0.3, -0.25) is 9.79 Å². The fraction of sp³-hybridized carbons (Fsp3) is 0.833. The van der Waals surface area contributed by atoms with E-state index in [4.69, 9.17) is 4.74 Å². The maximum Gasteiger partial charge on any atom is 0.407 e. The summed E-state index contributed by atoms with van der Waals surface area (Å²) in [6, 6.07) is 0.196. The molecule has 0 aliphatic heterocycles. The average Bonchev–Trinajstić information content (AvgIpc) is 2.52. The number of carbonyl (C=O) groups excluding carboxylic acids is 2. The van der Waals surface area contributed by atoms with Crippen LogP contribution >= 0.6 is 0 Å². The molecule has 1 atom stereocenters. The SMILES string of the molecule is CCNC(=NCCCNC(=O)OC(C)(C)C)NCCC(=O)NC(C)CC. The van der Waals surface area contributed by atoms with Crippen molar-refractivity contribution in [3.63, 3.8) is 0 Å². The molecule has 2 amide bonds. The molecule has 0 heterocycles. The summed E-state index contributed by atoms with van der Waals surface area (Å²) < 4.78 is 5.17. The van der Waals surface area contributed by atoms with Crippen molar-refractivity contribution in [1.82, 2.24) is 21.3 Å². The Kier molecular flexibility index (Phi) is 12.2. The number of ether oxygens (including phenoxy) is 1. The van der Waals surface area contributed by atoms with Crippen molar-refractivity contribution < 1.29 is 14.3 Å². The fourth-order valence-electron chi connectivity index (χ4n) is 1.86. The van der Waals surface area contributed by atoms with Gasteiger partial charge in [-0.2, -0.15) is 0 Å². The van der Waals surface area contributed by atoms with E-state index in [0.29, 0.717) is 38.4 Å². The predicted molar refractivity (Wildman–Crippen MR) is 105 cm³/mol. The molecule has 8 heteroatoms. The first-order valence-electron chi connectivity index (χ1n) is 9.46. The zero-order chi connectivity index (χ0) is 20.0. The highest BCUT2D eigenvalue weighted by Crippen LogP contribution is 2.06. The first-order valence-corrected chi connectivity index (χ1v) is 9.46. The third kappa shape index (κ3) is 14.4. The maximum atomic E-state index is 11.8. The van der Waals surface area contributed by atoms with E-state index in [1.165, 1.54) is 0 Å². The van der Waals surface area contributed by atoms with Crippen LogP contribution in [-0.2, 0) is 9.53 Å². The van der Waals surface area contributed by atoms with Crippen LogP contribution in [0.1, 0.15) is 60.8 Å². The summed E-state index contributed by atoms with van der Waals surface area (Å²) in [6.07, 6.45) is 1.60. The average molecular weight is 372 g/mol. The second-order valence-electron chi connectivity index (χ2n) is 7.10. The Bertz CT molecular complexity index is 447. The first kappa shape index (κ1) is 24.0. The van der Waals surface area contributed by atoms with Crippen molar-refractivity contribution in [1.29, 1.82) is 0 Å². The zero-order valence-corrected chi connectivity index (χ0v) is 17.2. The summed E-state index contributed by atoms with van der Waals surface area (Å²) in [7, 11) is 0. The van der Waals surface area contributed by atoms with Crippen molar-refractivity contribution in [2.24, 2.45) is 4.99 Å². The smallest absolute Gasteiger partial charge is 0.407 e. The van der Waals surface area contributed by atoms with Crippen LogP contribution in [0.15, 0.2) is 4.99 Å². The van der Waals surface area contributed by atoms with Gasteiger partial charge in [0.25, 0.3) is 0 Å². The molecule has 1 unspecified atom stereocenters. The number of nitrogens with one attached hydrogen (secondary N) is 4. The summed E-state index contributed by atoms with van der Waals surface area (Å²) >= 11 is 0. The number of amides is 2. The lowest BCUT2D eigenvalue weighted by atomic mass is 10.2. The number of alkyl carbamates (subject to hydrolysis) is 1. The van der Waals surface area contributed by atoms with Gasteiger partial charge in [0.2, 0.25) is 5.91 Å². The Labute approximate surface area is 157 Å². The molecule has 0 aliphatic rings. The predicted octanol–water partition coefficient (Wildman–Crippen LogP) is 1.76. The molecule has 0 aromatic heterocycles. The molecule has 152 valence electrons. The maximum absolute atomic E-state index is 11.8. The normalized spacial score (nSPS) is 12.9. The molecule has 0 spiro atoms. The van der Waals surface area contributed by atoms with Gasteiger partial charge < -0.3 is 26.0 Å². The summed E-state index contributed by atoms with van der Waals surface area (Å²) in [5, 5.41) is 11.9. The molecule has 26 heavy (non-hydrogen) atoms. The molecule has 8 nitrogen and oxygen atoms in total. The van der Waals surface area contributed by atoms with E-state index < -0.39 is 11.7 Å². The van der Waals surface area contributed by atoms with Gasteiger partial charge in [-0.25, -0.2) is 4.79 Å². The Morgan fingerprint density at radius 3 is 2.35 bits per heavy atom. The minimum absolute atomic E-state index is 0.0317. The van der Waals surface area contributed by atoms with Crippen molar-refractivity contribution in [2.45, 2.75) is 72.4 Å². The van der Waals surface area contributed by atoms with Gasteiger partial charge in [-0.15, -0.1) is 0 Å². The van der Waals surface area contributed by atoms with Gasteiger partial charge in [0.1, 0.15) is 5.60 Å². The number of guanidine groups is 1. The molecule has 0 aromatic carbocycles. The molecular weight excluding hydrogens is 334 g/mol. The monoisotopic (exact) mass is 371 g/mol. The van der Waals surface area contributed by atoms with Crippen molar-refractivity contribution >= 4 is 18.0 Å². The Balaban J connectivity index is 4.05. The molecule has 0 aliphatic carbocycles. The third-order valence-corrected chi connectivity index (χ3v) is 3.28. The molecule has 0 saturated carbocycles. The number of nitrogens with zero attached hydrogens (tertiary/aromatic N) is 1. The van der Waals surface area contributed by atoms with Crippen LogP contribution in [0.2, 0.25) is 0 Å². The standard InChI is InChI=1S/C18H37N5O3/c1-7-14(3)23-15(24)10-13-21-16(19-8-2)20-11-9-12-22-17(25)26-18(4,5)6/h14H,7-13H2,1-6H3,(H,22,25)(H,23,24)(H2,19,20,21). The summed E-state index contributed by atoms with van der Waals surface area (Å²) in [6.45, 7) is 13.8. The van der Waals surface area contributed by atoms with E-state index in [9.17, 15) is 9.59 Å². The summed E-state index contributed by atoms with van der Waals surface area (Å²) in [5.41, 5.74) is -0.494. The molecule has 0 bridgehead atoms. The molecule has 0 fully saturated rings. The van der Waals surface area contributed by atoms with Crippen molar-refractivity contribution in [3.05, 3.63) is 0 Å². The highest BCUT2D eigenvalue weighted by Gasteiger charge is 2.15. The van der Waals surface area contributed by atoms with Crippen LogP contribution in [0.4, 0.5) is 4.79 Å². The van der Waals surface area contributed by atoms with E-state index in [0.717, 1.165) is 13.0 Å². The lowest BCUT2D eigenvalue weighted by Gasteiger charge is -2.19. The van der Waals surface area contributed by atoms with E-state index in [-0.39, 0.29) is 11.9 Å². The number of hydrogen-bond acceptors (Lipinski definition) is 4. The molecule has 0 saturated heterocycles. The Morgan fingerprint density at radius 1 is 1.08 bits per heavy atom. The van der Waals surface area contributed by atoms with Crippen molar-refractivity contribution in [2.75, 3.05) is 26.2 Å². The topological polar surface area (TPSA) is 104 Å². The Hall–Kier alpha value is -1.99. The van der Waals surface area contributed by atoms with E-state index in [2.05, 4.69) is 26.3 Å². The van der Waals surface area contributed by atoms with Crippen LogP contribution < -0.4 is 21.3 Å². The van der Waals surface area contributed by atoms with Gasteiger partial charge in [-0.1, -0.05) is 6.92 Å². The molecule has 0 rings (SSSR count). The minimum atomic E-state index is -0.494. The second kappa shape index (κ2) is 13.2. The fourth-order valence-corrected chi connectivity index (χ4v) is 1.86. The number of hydrogen-bond donors (Lipinski definition) is 4. The van der Waals surface area contributed by atoms with Crippen LogP contribution in [0.25, 0.3) is 0 Å². The van der Waals surface area contributed by atoms with Gasteiger partial charge >= 0.3 is 6.09 Å². The van der Waals surface area contributed by atoms with Crippen LogP contribution in [0.3, 0.4) is 0 Å². The highest BCUT2D eigenvalue weighted by molar-refractivity contribution is 5.81. The van der Waals surface area contributed by atoms with Gasteiger partial charge in [0.15, 0.2) is 5.96 Å². The second-order valence-corrected chi connectivity index (χ2v) is 7.10. The number of rotatable bonds is 10. The quantitative estimate of drug-likeness (QED) is 0.266. The molecule has 0 aromatic rings. The first-order chi connectivity index (χ1) is 12.2. The number of carbonyl (C=O) groups is 2. The molecule has 0 radical (unpaired) electrons. The van der Waals surface area contributed by atoms with E-state index in [1.807, 2.05) is 41.5 Å². The van der Waals surface area contributed by atoms with Crippen LogP contribution in [0.5, 0.6) is 0 Å². The molecular formula is C18H37N5O3. The summed E-state index contributed by atoms with van der Waals surface area (Å²) in [5.74, 6) is 0.699. The highest BCUT2D eigenvalue weighted by atomic mass is 16.6. The van der Waals surface area contributed by atoms with Crippen LogP contribution in [-0.4, -0.2) is 55.8 Å². The molecule has 4 N–H and O–H groups in total. The van der Waals surface area contributed by atoms with Gasteiger partial charge in [0, 0.05) is 38.6 Å². The lowest BCUT2D eigenvalue weighted by Crippen LogP contribution is -2.40. The van der Waals surface area contributed by atoms with Crippen LogP contribution in [0, 0.1) is 0 Å². The van der Waals surface area contributed by atoms with Crippen molar-refractivity contribution in [3.8, 4) is 0 Å². The Morgan fingerprint density at radius 2 is 1.77 bits per heavy atom. The largest absolute Gasteiger partial charge is 0.444 e. The number of aliphatic imine (C=N–C) groups is 1. The minimum Gasteiger partial charge on any atom is -0.444 e. The zero-order valence-electron chi connectivity index (χ0n) is 17.2.